The molecule has 9 heteroatoms. The number of hydrogen-bond donors (Lipinski definition) is 1. The number of carbonyl (C=O) groups excluding carboxylic acids is 1. The summed E-state index contributed by atoms with van der Waals surface area (Å²) in [5.41, 5.74) is 1.74. The second kappa shape index (κ2) is 9.27. The summed E-state index contributed by atoms with van der Waals surface area (Å²) in [5.74, 6) is 2.21. The average molecular weight is 421 g/mol. The molecular weight excluding hydrogens is 402 g/mol. The van der Waals surface area contributed by atoms with E-state index < -0.39 is 0 Å². The molecule has 1 N–H and O–H groups in total. The molecule has 3 aromatic heterocycles. The molecule has 4 aromatic rings. The quantitative estimate of drug-likeness (QED) is 0.436. The van der Waals surface area contributed by atoms with Crippen LogP contribution in [0.15, 0.2) is 76.8 Å². The fraction of sp³-hybridized carbons (Fsp3) is 0.143. The van der Waals surface area contributed by atoms with Crippen molar-refractivity contribution in [1.82, 2.24) is 25.1 Å². The lowest BCUT2D eigenvalue weighted by Crippen LogP contribution is -2.24. The molecule has 0 radical (unpaired) electrons. The number of aromatic nitrogens is 4. The van der Waals surface area contributed by atoms with Crippen LogP contribution in [0.3, 0.4) is 0 Å². The van der Waals surface area contributed by atoms with Crippen molar-refractivity contribution in [3.05, 3.63) is 72.9 Å². The summed E-state index contributed by atoms with van der Waals surface area (Å²) >= 11 is 1.31. The van der Waals surface area contributed by atoms with Crippen LogP contribution in [0.1, 0.15) is 5.76 Å². The van der Waals surface area contributed by atoms with Gasteiger partial charge in [-0.25, -0.2) is 0 Å². The number of pyridine rings is 1. The first-order chi connectivity index (χ1) is 14.7. The van der Waals surface area contributed by atoms with Gasteiger partial charge in [-0.3, -0.25) is 14.3 Å². The van der Waals surface area contributed by atoms with Gasteiger partial charge >= 0.3 is 0 Å². The number of nitrogens with zero attached hydrogens (tertiary/aromatic N) is 4. The van der Waals surface area contributed by atoms with Crippen molar-refractivity contribution in [3.63, 3.8) is 0 Å². The van der Waals surface area contributed by atoms with Crippen LogP contribution in [-0.4, -0.2) is 38.5 Å². The first kappa shape index (κ1) is 19.7. The van der Waals surface area contributed by atoms with Gasteiger partial charge in [-0.2, -0.15) is 0 Å². The number of ether oxygens (including phenoxy) is 1. The van der Waals surface area contributed by atoms with Gasteiger partial charge in [-0.15, -0.1) is 10.2 Å². The molecule has 152 valence electrons. The van der Waals surface area contributed by atoms with Gasteiger partial charge in [0.05, 0.1) is 25.7 Å². The van der Waals surface area contributed by atoms with Crippen LogP contribution in [0, 0.1) is 0 Å². The molecule has 0 atom stereocenters. The van der Waals surface area contributed by atoms with Gasteiger partial charge in [0.15, 0.2) is 11.0 Å². The minimum absolute atomic E-state index is 0.119. The highest BCUT2D eigenvalue weighted by Gasteiger charge is 2.17. The molecule has 4 rings (SSSR count). The maximum atomic E-state index is 12.3. The van der Waals surface area contributed by atoms with E-state index in [1.807, 2.05) is 47.0 Å². The SMILES string of the molecule is COc1ccc(-n2c(SCC(=O)NCc3ccco3)nnc2-c2ccncc2)cc1. The van der Waals surface area contributed by atoms with E-state index in [1.54, 1.807) is 31.8 Å². The molecule has 0 aliphatic heterocycles. The molecule has 0 bridgehead atoms. The van der Waals surface area contributed by atoms with E-state index in [1.165, 1.54) is 11.8 Å². The average Bonchev–Trinajstić information content (AvgIpc) is 3.47. The number of benzene rings is 1. The predicted molar refractivity (Wildman–Crippen MR) is 112 cm³/mol. The Morgan fingerprint density at radius 3 is 2.63 bits per heavy atom. The largest absolute Gasteiger partial charge is 0.497 e. The topological polar surface area (TPSA) is 95.1 Å². The van der Waals surface area contributed by atoms with Crippen molar-refractivity contribution in [2.45, 2.75) is 11.7 Å². The summed E-state index contributed by atoms with van der Waals surface area (Å²) in [6.45, 7) is 0.347. The number of amides is 1. The molecule has 0 saturated carbocycles. The van der Waals surface area contributed by atoms with Gasteiger partial charge in [0, 0.05) is 23.6 Å². The number of thioether (sulfide) groups is 1. The zero-order valence-corrected chi connectivity index (χ0v) is 17.0. The van der Waals surface area contributed by atoms with Crippen molar-refractivity contribution < 1.29 is 13.9 Å². The van der Waals surface area contributed by atoms with Crippen LogP contribution in [0.5, 0.6) is 5.75 Å². The lowest BCUT2D eigenvalue weighted by atomic mass is 10.2. The Labute approximate surface area is 177 Å². The summed E-state index contributed by atoms with van der Waals surface area (Å²) in [7, 11) is 1.62. The molecular formula is C21H19N5O3S. The fourth-order valence-electron chi connectivity index (χ4n) is 2.80. The monoisotopic (exact) mass is 421 g/mol. The number of nitrogens with one attached hydrogen (secondary N) is 1. The number of hydrogen-bond acceptors (Lipinski definition) is 7. The molecule has 8 nitrogen and oxygen atoms in total. The van der Waals surface area contributed by atoms with Gasteiger partial charge in [-0.1, -0.05) is 11.8 Å². The molecule has 3 heterocycles. The van der Waals surface area contributed by atoms with E-state index in [0.717, 1.165) is 17.0 Å². The Morgan fingerprint density at radius 2 is 1.93 bits per heavy atom. The van der Waals surface area contributed by atoms with Crippen molar-refractivity contribution in [2.24, 2.45) is 0 Å². The van der Waals surface area contributed by atoms with Gasteiger partial charge in [-0.05, 0) is 48.5 Å². The van der Waals surface area contributed by atoms with Gasteiger partial charge < -0.3 is 14.5 Å². The van der Waals surface area contributed by atoms with Crippen molar-refractivity contribution in [3.8, 4) is 22.8 Å². The molecule has 0 unspecified atom stereocenters. The fourth-order valence-corrected chi connectivity index (χ4v) is 3.58. The van der Waals surface area contributed by atoms with E-state index in [0.29, 0.717) is 23.3 Å². The number of methoxy groups -OCH3 is 1. The highest BCUT2D eigenvalue weighted by atomic mass is 32.2. The summed E-state index contributed by atoms with van der Waals surface area (Å²) in [6, 6.07) is 14.9. The Hall–Kier alpha value is -3.59. The van der Waals surface area contributed by atoms with E-state index in [9.17, 15) is 4.79 Å². The third kappa shape index (κ3) is 4.52. The normalized spacial score (nSPS) is 10.7. The summed E-state index contributed by atoms with van der Waals surface area (Å²) in [4.78, 5) is 16.3. The first-order valence-electron chi connectivity index (χ1n) is 9.16. The molecule has 0 aliphatic carbocycles. The third-order valence-corrected chi connectivity index (χ3v) is 5.20. The van der Waals surface area contributed by atoms with E-state index >= 15 is 0 Å². The Kier molecular flexibility index (Phi) is 6.09. The predicted octanol–water partition coefficient (Wildman–Crippen LogP) is 3.34. The van der Waals surface area contributed by atoms with E-state index in [-0.39, 0.29) is 11.7 Å². The molecule has 0 saturated heterocycles. The summed E-state index contributed by atoms with van der Waals surface area (Å²) in [6.07, 6.45) is 4.99. The molecule has 0 aliphatic rings. The molecule has 0 fully saturated rings. The van der Waals surface area contributed by atoms with Gasteiger partial charge in [0.1, 0.15) is 11.5 Å². The maximum Gasteiger partial charge on any atom is 0.230 e. The van der Waals surface area contributed by atoms with Crippen LogP contribution in [0.2, 0.25) is 0 Å². The van der Waals surface area contributed by atoms with Gasteiger partial charge in [0.25, 0.3) is 0 Å². The van der Waals surface area contributed by atoms with E-state index in [2.05, 4.69) is 20.5 Å². The van der Waals surface area contributed by atoms with Gasteiger partial charge in [0.2, 0.25) is 5.91 Å². The zero-order chi connectivity index (χ0) is 20.8. The highest BCUT2D eigenvalue weighted by molar-refractivity contribution is 7.99. The van der Waals surface area contributed by atoms with Crippen molar-refractivity contribution in [1.29, 1.82) is 0 Å². The van der Waals surface area contributed by atoms with Crippen molar-refractivity contribution in [2.75, 3.05) is 12.9 Å². The molecule has 1 amide bonds. The van der Waals surface area contributed by atoms with Crippen LogP contribution >= 0.6 is 11.8 Å². The van der Waals surface area contributed by atoms with Crippen LogP contribution < -0.4 is 10.1 Å². The Balaban J connectivity index is 1.56. The highest BCUT2D eigenvalue weighted by Crippen LogP contribution is 2.28. The zero-order valence-electron chi connectivity index (χ0n) is 16.2. The van der Waals surface area contributed by atoms with Crippen LogP contribution in [0.25, 0.3) is 17.1 Å². The third-order valence-electron chi connectivity index (χ3n) is 4.27. The lowest BCUT2D eigenvalue weighted by Gasteiger charge is -2.11. The summed E-state index contributed by atoms with van der Waals surface area (Å²) < 4.78 is 12.4. The Morgan fingerprint density at radius 1 is 1.13 bits per heavy atom. The Bertz CT molecular complexity index is 1100. The van der Waals surface area contributed by atoms with E-state index in [4.69, 9.17) is 9.15 Å². The standard InChI is InChI=1S/C21H19N5O3S/c1-28-17-6-4-16(5-7-17)26-20(15-8-10-22-11-9-15)24-25-21(26)30-14-19(27)23-13-18-3-2-12-29-18/h2-12H,13-14H2,1H3,(H,23,27). The van der Waals surface area contributed by atoms with Crippen LogP contribution in [0.4, 0.5) is 0 Å². The molecule has 0 spiro atoms. The molecule has 30 heavy (non-hydrogen) atoms. The first-order valence-corrected chi connectivity index (χ1v) is 10.2. The molecule has 1 aromatic carbocycles. The minimum Gasteiger partial charge on any atom is -0.497 e. The van der Waals surface area contributed by atoms with Crippen LogP contribution in [-0.2, 0) is 11.3 Å². The van der Waals surface area contributed by atoms with Crippen molar-refractivity contribution >= 4 is 17.7 Å². The number of carbonyl (C=O) groups is 1. The second-order valence-corrected chi connectivity index (χ2v) is 7.16. The smallest absolute Gasteiger partial charge is 0.230 e. The number of rotatable bonds is 8. The minimum atomic E-state index is -0.119. The number of furan rings is 1. The summed E-state index contributed by atoms with van der Waals surface area (Å²) in [5, 5.41) is 12.1. The lowest BCUT2D eigenvalue weighted by molar-refractivity contribution is -0.118. The second-order valence-electron chi connectivity index (χ2n) is 6.22. The maximum absolute atomic E-state index is 12.3.